The van der Waals surface area contributed by atoms with Crippen molar-refractivity contribution in [1.29, 1.82) is 0 Å². The summed E-state index contributed by atoms with van der Waals surface area (Å²) in [5, 5.41) is 9.28. The number of benzene rings is 1. The summed E-state index contributed by atoms with van der Waals surface area (Å²) in [5.74, 6) is -0.599. The van der Waals surface area contributed by atoms with Crippen LogP contribution >= 0.6 is 11.3 Å². The number of hydrogen-bond donors (Lipinski definition) is 1. The van der Waals surface area contributed by atoms with Crippen LogP contribution in [0.15, 0.2) is 24.3 Å². The second kappa shape index (κ2) is 5.57. The van der Waals surface area contributed by atoms with Crippen molar-refractivity contribution in [2.45, 2.75) is 25.7 Å². The van der Waals surface area contributed by atoms with Crippen LogP contribution in [0.4, 0.5) is 0 Å². The number of fused-ring (bicyclic) bond motifs is 1. The second-order valence-corrected chi connectivity index (χ2v) is 6.62. The van der Waals surface area contributed by atoms with Crippen molar-refractivity contribution < 1.29 is 19.4 Å². The van der Waals surface area contributed by atoms with E-state index in [9.17, 15) is 14.7 Å². The van der Waals surface area contributed by atoms with Gasteiger partial charge in [0.2, 0.25) is 0 Å². The standard InChI is InChI=1S/C17H16O4S/c1-9-14(12-7-8-13(17(19)20)16(12)22-9)15(18)10-3-5-11(21-2)6-4-10/h3-6,13H,7-8H2,1-2H3,(H,19,20). The highest BCUT2D eigenvalue weighted by molar-refractivity contribution is 7.12. The minimum absolute atomic E-state index is 0.0382. The van der Waals surface area contributed by atoms with E-state index >= 15 is 0 Å². The smallest absolute Gasteiger partial charge is 0.311 e. The van der Waals surface area contributed by atoms with E-state index in [-0.39, 0.29) is 5.78 Å². The van der Waals surface area contributed by atoms with Gasteiger partial charge in [0.25, 0.3) is 0 Å². The van der Waals surface area contributed by atoms with Gasteiger partial charge in [-0.1, -0.05) is 0 Å². The summed E-state index contributed by atoms with van der Waals surface area (Å²) < 4.78 is 5.10. The molecule has 1 heterocycles. The molecule has 0 aliphatic heterocycles. The maximum atomic E-state index is 12.8. The average Bonchev–Trinajstić information content (AvgIpc) is 3.04. The van der Waals surface area contributed by atoms with Crippen molar-refractivity contribution in [3.63, 3.8) is 0 Å². The lowest BCUT2D eigenvalue weighted by Gasteiger charge is -2.05. The highest BCUT2D eigenvalue weighted by Crippen LogP contribution is 2.43. The topological polar surface area (TPSA) is 63.6 Å². The molecule has 1 unspecified atom stereocenters. The van der Waals surface area contributed by atoms with Crippen LogP contribution in [-0.2, 0) is 11.2 Å². The monoisotopic (exact) mass is 316 g/mol. The van der Waals surface area contributed by atoms with Crippen LogP contribution in [0.5, 0.6) is 5.75 Å². The Morgan fingerprint density at radius 3 is 2.55 bits per heavy atom. The highest BCUT2D eigenvalue weighted by Gasteiger charge is 2.35. The first-order chi connectivity index (χ1) is 10.5. The van der Waals surface area contributed by atoms with Gasteiger partial charge in [0, 0.05) is 20.9 Å². The molecule has 1 aliphatic rings. The number of aryl methyl sites for hydroxylation is 1. The molecule has 0 bridgehead atoms. The van der Waals surface area contributed by atoms with E-state index in [4.69, 9.17) is 4.74 Å². The van der Waals surface area contributed by atoms with E-state index in [1.54, 1.807) is 31.4 Å². The van der Waals surface area contributed by atoms with Gasteiger partial charge >= 0.3 is 5.97 Å². The molecule has 22 heavy (non-hydrogen) atoms. The number of ether oxygens (including phenoxy) is 1. The Labute approximate surface area is 132 Å². The van der Waals surface area contributed by atoms with Crippen LogP contribution < -0.4 is 4.74 Å². The van der Waals surface area contributed by atoms with Gasteiger partial charge in [0.15, 0.2) is 5.78 Å². The van der Waals surface area contributed by atoms with Gasteiger partial charge in [-0.05, 0) is 49.6 Å². The van der Waals surface area contributed by atoms with E-state index in [1.165, 1.54) is 11.3 Å². The minimum Gasteiger partial charge on any atom is -0.497 e. The maximum Gasteiger partial charge on any atom is 0.311 e. The summed E-state index contributed by atoms with van der Waals surface area (Å²) in [6, 6.07) is 7.01. The number of carbonyl (C=O) groups is 2. The van der Waals surface area contributed by atoms with Gasteiger partial charge in [0.1, 0.15) is 5.75 Å². The molecule has 1 aromatic carbocycles. The summed E-state index contributed by atoms with van der Waals surface area (Å²) in [5.41, 5.74) is 2.22. The fourth-order valence-corrected chi connectivity index (χ4v) is 4.32. The van der Waals surface area contributed by atoms with Crippen LogP contribution in [-0.4, -0.2) is 24.0 Å². The molecule has 1 aromatic heterocycles. The molecule has 2 aromatic rings. The SMILES string of the molecule is COc1ccc(C(=O)c2c(C)sc3c2CCC3C(=O)O)cc1. The maximum absolute atomic E-state index is 12.8. The summed E-state index contributed by atoms with van der Waals surface area (Å²) in [6.45, 7) is 1.89. The zero-order valence-corrected chi connectivity index (χ0v) is 13.2. The lowest BCUT2D eigenvalue weighted by atomic mass is 9.99. The first kappa shape index (κ1) is 14.8. The molecular weight excluding hydrogens is 300 g/mol. The predicted molar refractivity (Wildman–Crippen MR) is 84.2 cm³/mol. The summed E-state index contributed by atoms with van der Waals surface area (Å²) >= 11 is 1.44. The van der Waals surface area contributed by atoms with Crippen LogP contribution in [0.1, 0.15) is 43.6 Å². The average molecular weight is 316 g/mol. The van der Waals surface area contributed by atoms with Crippen LogP contribution in [0, 0.1) is 6.92 Å². The second-order valence-electron chi connectivity index (χ2n) is 5.36. The lowest BCUT2D eigenvalue weighted by Crippen LogP contribution is -2.06. The first-order valence-corrected chi connectivity index (χ1v) is 7.88. The molecule has 4 nitrogen and oxygen atoms in total. The third kappa shape index (κ3) is 2.31. The van der Waals surface area contributed by atoms with E-state index in [2.05, 4.69) is 0 Å². The van der Waals surface area contributed by atoms with Crippen LogP contribution in [0.3, 0.4) is 0 Å². The Balaban J connectivity index is 2.00. The third-order valence-electron chi connectivity index (χ3n) is 4.09. The molecule has 1 aliphatic carbocycles. The molecule has 1 atom stereocenters. The van der Waals surface area contributed by atoms with Gasteiger partial charge in [-0.2, -0.15) is 0 Å². The van der Waals surface area contributed by atoms with E-state index in [0.29, 0.717) is 29.7 Å². The molecule has 1 N–H and O–H groups in total. The molecule has 3 rings (SSSR count). The molecule has 0 spiro atoms. The van der Waals surface area contributed by atoms with Gasteiger partial charge in [-0.3, -0.25) is 9.59 Å². The van der Waals surface area contributed by atoms with Crippen molar-refractivity contribution in [3.05, 3.63) is 50.7 Å². The molecule has 0 fully saturated rings. The largest absolute Gasteiger partial charge is 0.497 e. The number of ketones is 1. The van der Waals surface area contributed by atoms with Crippen molar-refractivity contribution in [1.82, 2.24) is 0 Å². The van der Waals surface area contributed by atoms with Crippen molar-refractivity contribution in [2.24, 2.45) is 0 Å². The first-order valence-electron chi connectivity index (χ1n) is 7.06. The Kier molecular flexibility index (Phi) is 3.74. The number of hydrogen-bond acceptors (Lipinski definition) is 4. The van der Waals surface area contributed by atoms with E-state index in [0.717, 1.165) is 15.3 Å². The molecule has 0 saturated heterocycles. The van der Waals surface area contributed by atoms with Gasteiger partial charge in [-0.25, -0.2) is 0 Å². The van der Waals surface area contributed by atoms with Gasteiger partial charge in [0.05, 0.1) is 13.0 Å². The molecule has 114 valence electrons. The Hall–Kier alpha value is -2.14. The summed E-state index contributed by atoms with van der Waals surface area (Å²) in [6.07, 6.45) is 1.24. The van der Waals surface area contributed by atoms with Crippen molar-refractivity contribution >= 4 is 23.1 Å². The Morgan fingerprint density at radius 2 is 1.95 bits per heavy atom. The molecule has 0 saturated carbocycles. The van der Waals surface area contributed by atoms with Crippen molar-refractivity contribution in [2.75, 3.05) is 7.11 Å². The number of aliphatic carboxylic acids is 1. The third-order valence-corrected chi connectivity index (χ3v) is 5.35. The molecule has 5 heteroatoms. The van der Waals surface area contributed by atoms with E-state index < -0.39 is 11.9 Å². The molecule has 0 amide bonds. The number of methoxy groups -OCH3 is 1. The molecular formula is C17H16O4S. The quantitative estimate of drug-likeness (QED) is 0.878. The number of rotatable bonds is 4. The zero-order valence-electron chi connectivity index (χ0n) is 12.4. The minimum atomic E-state index is -0.802. The predicted octanol–water partition coefficient (Wildman–Crippen LogP) is 3.41. The summed E-state index contributed by atoms with van der Waals surface area (Å²) in [4.78, 5) is 25.8. The highest BCUT2D eigenvalue weighted by atomic mass is 32.1. The normalized spacial score (nSPS) is 16.4. The summed E-state index contributed by atoms with van der Waals surface area (Å²) in [7, 11) is 1.58. The van der Waals surface area contributed by atoms with E-state index in [1.807, 2.05) is 6.92 Å². The zero-order chi connectivity index (χ0) is 15.9. The van der Waals surface area contributed by atoms with Crippen molar-refractivity contribution in [3.8, 4) is 5.75 Å². The number of thiophene rings is 1. The van der Waals surface area contributed by atoms with Gasteiger partial charge < -0.3 is 9.84 Å². The number of carboxylic acid groups (broad SMARTS) is 1. The van der Waals surface area contributed by atoms with Crippen LogP contribution in [0.25, 0.3) is 0 Å². The fourth-order valence-electron chi connectivity index (χ4n) is 2.98. The van der Waals surface area contributed by atoms with Crippen LogP contribution in [0.2, 0.25) is 0 Å². The fraction of sp³-hybridized carbons (Fsp3) is 0.294. The Bertz CT molecular complexity index is 743. The molecule has 0 radical (unpaired) electrons. The Morgan fingerprint density at radius 1 is 1.27 bits per heavy atom. The lowest BCUT2D eigenvalue weighted by molar-refractivity contribution is -0.138. The number of carboxylic acids is 1. The van der Waals surface area contributed by atoms with Gasteiger partial charge in [-0.15, -0.1) is 11.3 Å². The number of carbonyl (C=O) groups excluding carboxylic acids is 1.